The van der Waals surface area contributed by atoms with Crippen LogP contribution >= 0.6 is 27.5 Å². The minimum absolute atomic E-state index is 0.205. The van der Waals surface area contributed by atoms with E-state index in [2.05, 4.69) is 21.7 Å². The standard InChI is InChI=1S/C8H5BrClF2NO/c9-4-1-2-5(6(10)3-4)8(11,12)7(13)14/h1-3H,(H2,13,14). The van der Waals surface area contributed by atoms with Crippen LogP contribution in [0.4, 0.5) is 8.78 Å². The van der Waals surface area contributed by atoms with Gasteiger partial charge in [-0.1, -0.05) is 27.5 Å². The van der Waals surface area contributed by atoms with Gasteiger partial charge in [-0.15, -0.1) is 0 Å². The van der Waals surface area contributed by atoms with E-state index in [9.17, 15) is 13.6 Å². The fourth-order valence-electron chi connectivity index (χ4n) is 0.877. The summed E-state index contributed by atoms with van der Waals surface area (Å²) in [5.41, 5.74) is 3.96. The van der Waals surface area contributed by atoms with Crippen LogP contribution < -0.4 is 5.73 Å². The van der Waals surface area contributed by atoms with Crippen LogP contribution in [-0.2, 0) is 10.7 Å². The molecule has 2 N–H and O–H groups in total. The largest absolute Gasteiger partial charge is 0.364 e. The fraction of sp³-hybridized carbons (Fsp3) is 0.125. The smallest absolute Gasteiger partial charge is 0.350 e. The molecule has 0 saturated carbocycles. The Balaban J connectivity index is 3.26. The molecule has 6 heteroatoms. The van der Waals surface area contributed by atoms with Crippen molar-refractivity contribution in [2.24, 2.45) is 5.73 Å². The molecule has 1 amide bonds. The van der Waals surface area contributed by atoms with Crippen LogP contribution in [0, 0.1) is 0 Å². The third kappa shape index (κ3) is 2.04. The highest BCUT2D eigenvalue weighted by Crippen LogP contribution is 2.34. The van der Waals surface area contributed by atoms with Crippen molar-refractivity contribution in [3.05, 3.63) is 33.3 Å². The van der Waals surface area contributed by atoms with Gasteiger partial charge in [-0.3, -0.25) is 4.79 Å². The molecule has 0 aliphatic heterocycles. The highest BCUT2D eigenvalue weighted by Gasteiger charge is 2.40. The lowest BCUT2D eigenvalue weighted by molar-refractivity contribution is -0.143. The number of primary amides is 1. The summed E-state index contributed by atoms with van der Waals surface area (Å²) in [7, 11) is 0. The van der Waals surface area contributed by atoms with Gasteiger partial charge >= 0.3 is 5.92 Å². The zero-order valence-electron chi connectivity index (χ0n) is 6.73. The number of hydrogen-bond donors (Lipinski definition) is 1. The molecule has 2 nitrogen and oxygen atoms in total. The molecule has 0 aromatic heterocycles. The molecular weight excluding hydrogens is 279 g/mol. The molecule has 0 unspecified atom stereocenters. The minimum Gasteiger partial charge on any atom is -0.364 e. The molecule has 0 radical (unpaired) electrons. The van der Waals surface area contributed by atoms with Crippen molar-refractivity contribution in [3.63, 3.8) is 0 Å². The summed E-state index contributed by atoms with van der Waals surface area (Å²) in [6.45, 7) is 0. The second kappa shape index (κ2) is 3.82. The minimum atomic E-state index is -3.74. The molecule has 0 saturated heterocycles. The molecule has 14 heavy (non-hydrogen) atoms. The van der Waals surface area contributed by atoms with Crippen LogP contribution in [0.3, 0.4) is 0 Å². The number of alkyl halides is 2. The van der Waals surface area contributed by atoms with Crippen LogP contribution in [0.5, 0.6) is 0 Å². The highest BCUT2D eigenvalue weighted by atomic mass is 79.9. The van der Waals surface area contributed by atoms with E-state index in [0.29, 0.717) is 4.47 Å². The average molecular weight is 284 g/mol. The highest BCUT2D eigenvalue weighted by molar-refractivity contribution is 9.10. The summed E-state index contributed by atoms with van der Waals surface area (Å²) in [6, 6.07) is 3.68. The molecule has 76 valence electrons. The maximum Gasteiger partial charge on any atom is 0.350 e. The second-order valence-electron chi connectivity index (χ2n) is 2.56. The topological polar surface area (TPSA) is 43.1 Å². The predicted octanol–water partition coefficient (Wildman–Crippen LogP) is 2.68. The maximum absolute atomic E-state index is 13.1. The third-order valence-electron chi connectivity index (χ3n) is 1.58. The Morgan fingerprint density at radius 2 is 2.07 bits per heavy atom. The van der Waals surface area contributed by atoms with Crippen molar-refractivity contribution in [1.29, 1.82) is 0 Å². The van der Waals surface area contributed by atoms with E-state index in [1.807, 2.05) is 0 Å². The lowest BCUT2D eigenvalue weighted by Gasteiger charge is -2.13. The van der Waals surface area contributed by atoms with E-state index in [0.717, 1.165) is 6.07 Å². The lowest BCUT2D eigenvalue weighted by Crippen LogP contribution is -2.33. The summed E-state index contributed by atoms with van der Waals surface area (Å²) in [6.07, 6.45) is 0. The molecule has 0 aliphatic rings. The Morgan fingerprint density at radius 3 is 2.50 bits per heavy atom. The second-order valence-corrected chi connectivity index (χ2v) is 3.89. The van der Waals surface area contributed by atoms with Gasteiger partial charge in [-0.25, -0.2) is 0 Å². The number of rotatable bonds is 2. The zero-order valence-corrected chi connectivity index (χ0v) is 9.07. The number of amides is 1. The summed E-state index contributed by atoms with van der Waals surface area (Å²) >= 11 is 8.59. The molecule has 1 rings (SSSR count). The summed E-state index contributed by atoms with van der Waals surface area (Å²) in [5, 5.41) is -0.205. The van der Waals surface area contributed by atoms with Gasteiger partial charge in [0, 0.05) is 10.0 Å². The summed E-state index contributed by atoms with van der Waals surface area (Å²) in [4.78, 5) is 10.5. The molecule has 1 aromatic rings. The Hall–Kier alpha value is -0.680. The number of halogens is 4. The molecule has 0 fully saturated rings. The maximum atomic E-state index is 13.1. The normalized spacial score (nSPS) is 11.4. The van der Waals surface area contributed by atoms with E-state index in [-0.39, 0.29) is 5.02 Å². The van der Waals surface area contributed by atoms with Crippen molar-refractivity contribution in [2.45, 2.75) is 5.92 Å². The number of nitrogens with two attached hydrogens (primary N) is 1. The van der Waals surface area contributed by atoms with E-state index < -0.39 is 17.4 Å². The third-order valence-corrected chi connectivity index (χ3v) is 2.38. The van der Waals surface area contributed by atoms with E-state index >= 15 is 0 Å². The first-order chi connectivity index (χ1) is 6.35. The fourth-order valence-corrected chi connectivity index (χ4v) is 1.67. The van der Waals surface area contributed by atoms with Crippen molar-refractivity contribution >= 4 is 33.4 Å². The van der Waals surface area contributed by atoms with Gasteiger partial charge in [-0.05, 0) is 18.2 Å². The van der Waals surface area contributed by atoms with Gasteiger partial charge in [0.1, 0.15) is 0 Å². The SMILES string of the molecule is NC(=O)C(F)(F)c1ccc(Br)cc1Cl. The number of hydrogen-bond acceptors (Lipinski definition) is 1. The van der Waals surface area contributed by atoms with Crippen LogP contribution in [0.25, 0.3) is 0 Å². The molecule has 0 atom stereocenters. The molecule has 0 spiro atoms. The van der Waals surface area contributed by atoms with E-state index in [1.165, 1.54) is 12.1 Å². The van der Waals surface area contributed by atoms with Gasteiger partial charge in [0.15, 0.2) is 0 Å². The average Bonchev–Trinajstić information content (AvgIpc) is 2.02. The molecule has 1 aromatic carbocycles. The molecule has 0 bridgehead atoms. The monoisotopic (exact) mass is 283 g/mol. The number of carbonyl (C=O) groups is 1. The Bertz CT molecular complexity index is 384. The van der Waals surface area contributed by atoms with Crippen molar-refractivity contribution in [3.8, 4) is 0 Å². The first-order valence-corrected chi connectivity index (χ1v) is 4.66. The van der Waals surface area contributed by atoms with Gasteiger partial charge < -0.3 is 5.73 Å². The van der Waals surface area contributed by atoms with Crippen molar-refractivity contribution in [2.75, 3.05) is 0 Å². The zero-order chi connectivity index (χ0) is 10.9. The summed E-state index contributed by atoms with van der Waals surface area (Å²) in [5.74, 6) is -5.46. The summed E-state index contributed by atoms with van der Waals surface area (Å²) < 4.78 is 26.7. The number of carbonyl (C=O) groups excluding carboxylic acids is 1. The molecule has 0 heterocycles. The number of benzene rings is 1. The van der Waals surface area contributed by atoms with Crippen molar-refractivity contribution in [1.82, 2.24) is 0 Å². The molecular formula is C8H5BrClF2NO. The van der Waals surface area contributed by atoms with Crippen LogP contribution in [-0.4, -0.2) is 5.91 Å². The van der Waals surface area contributed by atoms with E-state index in [4.69, 9.17) is 11.6 Å². The Kier molecular flexibility index (Phi) is 3.11. The first-order valence-electron chi connectivity index (χ1n) is 3.49. The Morgan fingerprint density at radius 1 is 1.50 bits per heavy atom. The van der Waals surface area contributed by atoms with Gasteiger partial charge in [0.05, 0.1) is 5.02 Å². The first kappa shape index (κ1) is 11.4. The van der Waals surface area contributed by atoms with Crippen LogP contribution in [0.15, 0.2) is 22.7 Å². The molecule has 0 aliphatic carbocycles. The quantitative estimate of drug-likeness (QED) is 0.891. The Labute approximate surface area is 92.2 Å². The van der Waals surface area contributed by atoms with Gasteiger partial charge in [0.25, 0.3) is 5.91 Å². The lowest BCUT2D eigenvalue weighted by atomic mass is 10.1. The van der Waals surface area contributed by atoms with E-state index in [1.54, 1.807) is 0 Å². The van der Waals surface area contributed by atoms with Gasteiger partial charge in [0.2, 0.25) is 0 Å². The predicted molar refractivity (Wildman–Crippen MR) is 52.2 cm³/mol. The van der Waals surface area contributed by atoms with Crippen LogP contribution in [0.1, 0.15) is 5.56 Å². The van der Waals surface area contributed by atoms with Crippen LogP contribution in [0.2, 0.25) is 5.02 Å². The van der Waals surface area contributed by atoms with Gasteiger partial charge in [-0.2, -0.15) is 8.78 Å². The van der Waals surface area contributed by atoms with Crippen molar-refractivity contribution < 1.29 is 13.6 Å².